The van der Waals surface area contributed by atoms with Crippen LogP contribution in [0.4, 0.5) is 0 Å². The van der Waals surface area contributed by atoms with Gasteiger partial charge in [0.05, 0.1) is 51.6 Å². The average Bonchev–Trinajstić information content (AvgIpc) is 3.18. The average molecular weight is 563 g/mol. The van der Waals surface area contributed by atoms with Crippen LogP contribution in [-0.4, -0.2) is 41.0 Å². The van der Waals surface area contributed by atoms with Gasteiger partial charge in [0.2, 0.25) is 0 Å². The molecule has 3 heterocycles. The summed E-state index contributed by atoms with van der Waals surface area (Å²) in [6, 6.07) is 2.04. The monoisotopic (exact) mass is 562 g/mol. The highest BCUT2D eigenvalue weighted by Gasteiger charge is 2.35. The van der Waals surface area contributed by atoms with Gasteiger partial charge in [-0.1, -0.05) is 0 Å². The number of carbonyl (C=O) groups excluding carboxylic acids is 1. The number of benzene rings is 1. The number of phenols is 1. The van der Waals surface area contributed by atoms with Gasteiger partial charge in [-0.25, -0.2) is 14.8 Å². The fourth-order valence-corrected chi connectivity index (χ4v) is 6.84. The Kier molecular flexibility index (Phi) is 6.34. The number of esters is 1. The van der Waals surface area contributed by atoms with Crippen molar-refractivity contribution in [3.63, 3.8) is 0 Å². The van der Waals surface area contributed by atoms with Crippen LogP contribution in [0.15, 0.2) is 39.0 Å². The first-order valence-electron chi connectivity index (χ1n) is 10.9. The van der Waals surface area contributed by atoms with E-state index in [4.69, 9.17) is 4.74 Å². The summed E-state index contributed by atoms with van der Waals surface area (Å²) in [6.07, 6.45) is 7.07. The minimum absolute atomic E-state index is 0.0583. The molecule has 4 aromatic rings. The first-order chi connectivity index (χ1) is 16.4. The van der Waals surface area contributed by atoms with E-state index in [1.54, 1.807) is 25.6 Å². The minimum atomic E-state index is -1.43. The zero-order valence-electron chi connectivity index (χ0n) is 18.7. The van der Waals surface area contributed by atoms with Crippen molar-refractivity contribution in [2.45, 2.75) is 49.4 Å². The van der Waals surface area contributed by atoms with Crippen LogP contribution in [0.25, 0.3) is 10.9 Å². The fraction of sp³-hybridized carbons (Fsp3) is 0.348. The number of hydrogen-bond acceptors (Lipinski definition) is 7. The summed E-state index contributed by atoms with van der Waals surface area (Å²) >= 11 is 4.85. The Morgan fingerprint density at radius 3 is 2.82 bits per heavy atom. The van der Waals surface area contributed by atoms with E-state index < -0.39 is 16.8 Å². The summed E-state index contributed by atoms with van der Waals surface area (Å²) in [5.74, 6) is -0.291. The van der Waals surface area contributed by atoms with E-state index in [9.17, 15) is 14.1 Å². The molecule has 0 radical (unpaired) electrons. The van der Waals surface area contributed by atoms with Gasteiger partial charge in [0.1, 0.15) is 5.75 Å². The highest BCUT2D eigenvalue weighted by atomic mass is 79.9. The summed E-state index contributed by atoms with van der Waals surface area (Å²) in [6.45, 7) is 4.15. The number of fused-ring (bicyclic) bond motifs is 1. The van der Waals surface area contributed by atoms with Crippen molar-refractivity contribution in [3.05, 3.63) is 57.2 Å². The zero-order valence-corrected chi connectivity index (χ0v) is 21.9. The molecule has 0 amide bonds. The van der Waals surface area contributed by atoms with E-state index in [0.717, 1.165) is 24.1 Å². The van der Waals surface area contributed by atoms with Crippen LogP contribution in [0, 0.1) is 6.92 Å². The van der Waals surface area contributed by atoms with Crippen LogP contribution in [-0.2, 0) is 27.8 Å². The normalized spacial score (nSPS) is 14.6. The van der Waals surface area contributed by atoms with Crippen LogP contribution in [0.3, 0.4) is 0 Å². The first-order valence-corrected chi connectivity index (χ1v) is 13.9. The Balaban J connectivity index is 1.77. The van der Waals surface area contributed by atoms with Crippen LogP contribution in [0.5, 0.6) is 5.75 Å². The number of phenolic OH excluding ortho intramolecular Hbond substituents is 1. The van der Waals surface area contributed by atoms with Crippen LogP contribution in [0.1, 0.15) is 53.1 Å². The lowest BCUT2D eigenvalue weighted by atomic mass is 10.0. The topological polar surface area (TPSA) is 99.2 Å². The van der Waals surface area contributed by atoms with Gasteiger partial charge in [-0.05, 0) is 48.7 Å². The molecule has 0 aliphatic heterocycles. The third kappa shape index (κ3) is 4.20. The molecule has 1 atom stereocenters. The SMILES string of the molecule is CCOC(=O)c1c(CS(=O)c2nc(C)cs2)n(C2CC2)c2cc(Br)c(O)c(Cn3ccnc3)c12. The Morgan fingerprint density at radius 1 is 1.41 bits per heavy atom. The summed E-state index contributed by atoms with van der Waals surface area (Å²) in [5, 5.41) is 13.5. The van der Waals surface area contributed by atoms with Crippen molar-refractivity contribution in [2.24, 2.45) is 0 Å². The molecule has 0 bridgehead atoms. The lowest BCUT2D eigenvalue weighted by molar-refractivity contribution is 0.0527. The van der Waals surface area contributed by atoms with E-state index in [2.05, 4.69) is 30.5 Å². The van der Waals surface area contributed by atoms with Crippen molar-refractivity contribution in [3.8, 4) is 5.75 Å². The summed E-state index contributed by atoms with van der Waals surface area (Å²) < 4.78 is 23.8. The molecule has 1 aromatic carbocycles. The Hall–Kier alpha value is -2.50. The fourth-order valence-electron chi connectivity index (χ4n) is 4.21. The highest BCUT2D eigenvalue weighted by molar-refractivity contribution is 9.10. The second-order valence-corrected chi connectivity index (χ2v) is 11.5. The number of thiazole rings is 1. The van der Waals surface area contributed by atoms with Gasteiger partial charge >= 0.3 is 5.97 Å². The predicted molar refractivity (Wildman–Crippen MR) is 134 cm³/mol. The van der Waals surface area contributed by atoms with Gasteiger partial charge in [-0.3, -0.25) is 4.21 Å². The molecule has 178 valence electrons. The lowest BCUT2D eigenvalue weighted by Gasteiger charge is -2.12. The second kappa shape index (κ2) is 9.27. The Morgan fingerprint density at radius 2 is 2.21 bits per heavy atom. The number of imidazole rings is 1. The number of aromatic nitrogens is 4. The molecule has 11 heteroatoms. The number of carbonyl (C=O) groups is 1. The molecule has 1 unspecified atom stereocenters. The van der Waals surface area contributed by atoms with Crippen LogP contribution in [0.2, 0.25) is 0 Å². The van der Waals surface area contributed by atoms with Crippen molar-refractivity contribution < 1.29 is 18.8 Å². The Bertz CT molecular complexity index is 1410. The van der Waals surface area contributed by atoms with E-state index in [0.29, 0.717) is 37.6 Å². The quantitative estimate of drug-likeness (QED) is 0.305. The molecule has 1 N–H and O–H groups in total. The van der Waals surface area contributed by atoms with E-state index in [1.165, 1.54) is 11.3 Å². The summed E-state index contributed by atoms with van der Waals surface area (Å²) in [5.41, 5.74) is 3.24. The summed E-state index contributed by atoms with van der Waals surface area (Å²) in [7, 11) is -1.43. The molecule has 0 spiro atoms. The van der Waals surface area contributed by atoms with Crippen molar-refractivity contribution >= 4 is 54.9 Å². The highest BCUT2D eigenvalue weighted by Crippen LogP contribution is 2.46. The van der Waals surface area contributed by atoms with Crippen molar-refractivity contribution in [1.82, 2.24) is 19.1 Å². The maximum absolute atomic E-state index is 13.3. The van der Waals surface area contributed by atoms with Gasteiger partial charge in [0, 0.05) is 46.2 Å². The molecular formula is C23H23BrN4O4S2. The third-order valence-corrected chi connectivity index (χ3v) is 8.99. The summed E-state index contributed by atoms with van der Waals surface area (Å²) in [4.78, 5) is 21.8. The number of aromatic hydroxyl groups is 1. The molecule has 1 fully saturated rings. The van der Waals surface area contributed by atoms with Crippen LogP contribution < -0.4 is 0 Å². The molecular weight excluding hydrogens is 540 g/mol. The number of ether oxygens (including phenoxy) is 1. The molecule has 5 rings (SSSR count). The smallest absolute Gasteiger partial charge is 0.340 e. The number of rotatable bonds is 8. The molecule has 1 aliphatic rings. The van der Waals surface area contributed by atoms with E-state index in [-0.39, 0.29) is 24.2 Å². The van der Waals surface area contributed by atoms with Crippen molar-refractivity contribution in [1.29, 1.82) is 0 Å². The van der Waals surface area contributed by atoms with E-state index >= 15 is 0 Å². The molecule has 1 aliphatic carbocycles. The lowest BCUT2D eigenvalue weighted by Crippen LogP contribution is -2.12. The molecule has 8 nitrogen and oxygen atoms in total. The molecule has 1 saturated carbocycles. The predicted octanol–water partition coefficient (Wildman–Crippen LogP) is 4.94. The third-order valence-electron chi connectivity index (χ3n) is 5.77. The molecule has 34 heavy (non-hydrogen) atoms. The largest absolute Gasteiger partial charge is 0.506 e. The van der Waals surface area contributed by atoms with Gasteiger partial charge in [-0.15, -0.1) is 11.3 Å². The zero-order chi connectivity index (χ0) is 24.0. The van der Waals surface area contributed by atoms with Gasteiger partial charge in [-0.2, -0.15) is 0 Å². The van der Waals surface area contributed by atoms with Gasteiger partial charge < -0.3 is 19.0 Å². The van der Waals surface area contributed by atoms with E-state index in [1.807, 2.05) is 22.9 Å². The second-order valence-electron chi connectivity index (χ2n) is 8.20. The van der Waals surface area contributed by atoms with Gasteiger partial charge in [0.15, 0.2) is 4.34 Å². The maximum Gasteiger partial charge on any atom is 0.340 e. The number of hydrogen-bond donors (Lipinski definition) is 1. The van der Waals surface area contributed by atoms with Gasteiger partial charge in [0.25, 0.3) is 0 Å². The Labute approximate surface area is 211 Å². The molecule has 3 aromatic heterocycles. The minimum Gasteiger partial charge on any atom is -0.506 e. The number of halogens is 1. The maximum atomic E-state index is 13.3. The first kappa shape index (κ1) is 23.3. The number of aryl methyl sites for hydroxylation is 1. The van der Waals surface area contributed by atoms with Crippen molar-refractivity contribution in [2.75, 3.05) is 6.61 Å². The molecule has 0 saturated heterocycles. The van der Waals surface area contributed by atoms with Crippen LogP contribution >= 0.6 is 27.3 Å². The standard InChI is InChI=1S/C23H23BrN4O4S2/c1-3-32-22(30)20-18(11-34(31)23-26-13(2)10-33-23)28(14-4-5-14)17-8-16(24)21(29)15(19(17)20)9-27-7-6-25-12-27/h6-8,10,12,14,29H,3-5,9,11H2,1-2H3. The number of nitrogens with zero attached hydrogens (tertiary/aromatic N) is 4.